The monoisotopic (exact) mass is 530 g/mol. The number of hydrogen-bond acceptors (Lipinski definition) is 7. The highest BCUT2D eigenvalue weighted by atomic mass is 16.5. The van der Waals surface area contributed by atoms with Gasteiger partial charge in [-0.3, -0.25) is 19.5 Å². The summed E-state index contributed by atoms with van der Waals surface area (Å²) < 4.78 is 11.7. The molecule has 2 N–H and O–H groups in total. The van der Waals surface area contributed by atoms with Crippen molar-refractivity contribution in [3.05, 3.63) is 71.1 Å². The van der Waals surface area contributed by atoms with Gasteiger partial charge in [0.25, 0.3) is 0 Å². The lowest BCUT2D eigenvalue weighted by atomic mass is 9.58. The first kappa shape index (κ1) is 27.3. The molecule has 5 rings (SSSR count). The number of fused-ring (bicyclic) bond motifs is 3. The minimum absolute atomic E-state index is 0.111. The highest BCUT2D eigenvalue weighted by molar-refractivity contribution is 6.43. The zero-order chi connectivity index (χ0) is 27.5. The first-order chi connectivity index (χ1) is 18.9. The number of aromatic hydroxyl groups is 1. The maximum absolute atomic E-state index is 13.4. The largest absolute Gasteiger partial charge is 0.507 e. The van der Waals surface area contributed by atoms with E-state index in [2.05, 4.69) is 4.98 Å². The van der Waals surface area contributed by atoms with Crippen molar-refractivity contribution in [2.45, 2.75) is 45.0 Å². The molecule has 1 aliphatic carbocycles. The first-order valence-electron chi connectivity index (χ1n) is 13.7. The number of benzene rings is 1. The molecule has 0 unspecified atom stereocenters. The van der Waals surface area contributed by atoms with E-state index in [9.17, 15) is 19.7 Å². The van der Waals surface area contributed by atoms with Crippen LogP contribution >= 0.6 is 0 Å². The van der Waals surface area contributed by atoms with E-state index in [1.165, 1.54) is 4.90 Å². The minimum atomic E-state index is -1.03. The Kier molecular flexibility index (Phi) is 8.30. The summed E-state index contributed by atoms with van der Waals surface area (Å²) in [5.41, 5.74) is 4.37. The molecule has 1 aromatic carbocycles. The number of allylic oxidation sites excluding steroid dienone is 1. The molecule has 39 heavy (non-hydrogen) atoms. The summed E-state index contributed by atoms with van der Waals surface area (Å²) in [5.74, 6) is -1.24. The molecule has 3 heterocycles. The third kappa shape index (κ3) is 5.44. The molecule has 3 aliphatic rings. The summed E-state index contributed by atoms with van der Waals surface area (Å²) in [6.07, 6.45) is 5.76. The number of methoxy groups -OCH3 is 1. The topological polar surface area (TPSA) is 109 Å². The molecule has 0 radical (unpaired) electrons. The lowest BCUT2D eigenvalue weighted by Crippen LogP contribution is -2.46. The van der Waals surface area contributed by atoms with Gasteiger partial charge in [0.2, 0.25) is 11.8 Å². The average molecular weight is 530 g/mol. The summed E-state index contributed by atoms with van der Waals surface area (Å²) in [6.45, 7) is 2.72. The molecule has 9 heteroatoms. The van der Waals surface area contributed by atoms with Crippen LogP contribution in [0.4, 0.5) is 0 Å². The smallest absolute Gasteiger partial charge is 0.455 e. The number of phenols is 1. The molecule has 0 bridgehead atoms. The van der Waals surface area contributed by atoms with Crippen molar-refractivity contribution in [1.82, 2.24) is 9.88 Å². The van der Waals surface area contributed by atoms with Gasteiger partial charge in [0.1, 0.15) is 5.75 Å². The van der Waals surface area contributed by atoms with Crippen molar-refractivity contribution >= 4 is 30.6 Å². The van der Waals surface area contributed by atoms with Crippen LogP contribution in [0.2, 0.25) is 6.32 Å². The molecule has 1 aromatic heterocycles. The van der Waals surface area contributed by atoms with E-state index in [1.54, 1.807) is 25.4 Å². The summed E-state index contributed by atoms with van der Waals surface area (Å²) in [5, 5.41) is 21.2. The molecule has 2 aromatic rings. The Balaban J connectivity index is 1.48. The van der Waals surface area contributed by atoms with Gasteiger partial charge in [-0.1, -0.05) is 31.2 Å². The second-order valence-electron chi connectivity index (χ2n) is 10.6. The van der Waals surface area contributed by atoms with E-state index >= 15 is 0 Å². The van der Waals surface area contributed by atoms with Gasteiger partial charge >= 0.3 is 7.12 Å². The Labute approximate surface area is 229 Å². The average Bonchev–Trinajstić information content (AvgIpc) is 3.17. The molecule has 2 saturated heterocycles. The molecule has 2 fully saturated rings. The van der Waals surface area contributed by atoms with Crippen LogP contribution in [0.5, 0.6) is 5.75 Å². The molecule has 2 aliphatic heterocycles. The van der Waals surface area contributed by atoms with Crippen LogP contribution in [0.25, 0.3) is 11.6 Å². The molecule has 2 amide bonds. The maximum atomic E-state index is 13.4. The van der Waals surface area contributed by atoms with Gasteiger partial charge in [-0.15, -0.1) is 0 Å². The van der Waals surface area contributed by atoms with Gasteiger partial charge in [0, 0.05) is 25.4 Å². The van der Waals surface area contributed by atoms with Crippen molar-refractivity contribution in [1.29, 1.82) is 0 Å². The van der Waals surface area contributed by atoms with Crippen LogP contribution in [0, 0.1) is 17.8 Å². The maximum Gasteiger partial charge on any atom is 0.455 e. The number of imide groups is 1. The fourth-order valence-corrected chi connectivity index (χ4v) is 6.49. The van der Waals surface area contributed by atoms with Crippen molar-refractivity contribution in [3.8, 4) is 5.75 Å². The quantitative estimate of drug-likeness (QED) is 0.287. The molecule has 4 atom stereocenters. The number of carbonyl (C=O) groups excluding carboxylic acids is 2. The normalized spacial score (nSPS) is 25.3. The van der Waals surface area contributed by atoms with Gasteiger partial charge < -0.3 is 19.5 Å². The SMILES string of the molecule is CCCN1C(=O)[C@@H]2[C@@H](CC(COC)=C3[C@@H](CC/C(=C/c4ccccc4O)c4ccccn4)OB(O)C[C@@H]32)C1=O. The summed E-state index contributed by atoms with van der Waals surface area (Å²) in [6, 6.07) is 12.8. The van der Waals surface area contributed by atoms with Gasteiger partial charge in [0.05, 0.1) is 30.2 Å². The molecule has 0 saturated carbocycles. The third-order valence-electron chi connectivity index (χ3n) is 8.10. The Bertz CT molecular complexity index is 1280. The van der Waals surface area contributed by atoms with E-state index in [0.717, 1.165) is 22.4 Å². The zero-order valence-corrected chi connectivity index (χ0v) is 22.5. The predicted molar refractivity (Wildman–Crippen MR) is 148 cm³/mol. The van der Waals surface area contributed by atoms with Crippen LogP contribution < -0.4 is 0 Å². The standard InChI is InChI=1S/C30H35BN2O6/c1-3-14-33-29(35)22-16-21(18-38-2)27-23(28(22)30(33)36)17-31(37)39-26(27)12-11-19(24-9-6-7-13-32-24)15-20-8-4-5-10-25(20)34/h4-10,13,15,22-23,26,28,34,37H,3,11-12,14,16-18H2,1-2H3/b19-15-/t22-,23+,26-,28-/m1/s1. The fourth-order valence-electron chi connectivity index (χ4n) is 6.49. The Morgan fingerprint density at radius 1 is 1.18 bits per heavy atom. The number of ether oxygens (including phenoxy) is 1. The number of phenolic OH excluding ortho intramolecular Hbond substituents is 1. The van der Waals surface area contributed by atoms with E-state index < -0.39 is 25.1 Å². The zero-order valence-electron chi connectivity index (χ0n) is 22.5. The van der Waals surface area contributed by atoms with Gasteiger partial charge in [-0.2, -0.15) is 0 Å². The lowest BCUT2D eigenvalue weighted by Gasteiger charge is -2.43. The van der Waals surface area contributed by atoms with E-state index in [0.29, 0.717) is 44.4 Å². The predicted octanol–water partition coefficient (Wildman–Crippen LogP) is 3.96. The highest BCUT2D eigenvalue weighted by Gasteiger charge is 2.57. The van der Waals surface area contributed by atoms with Crippen molar-refractivity contribution in [3.63, 3.8) is 0 Å². The number of likely N-dealkylation sites (tertiary alicyclic amines) is 1. The molecular weight excluding hydrogens is 495 g/mol. The fraction of sp³-hybridized carbons (Fsp3) is 0.433. The van der Waals surface area contributed by atoms with Crippen molar-refractivity contribution < 1.29 is 29.1 Å². The van der Waals surface area contributed by atoms with Crippen LogP contribution in [0.3, 0.4) is 0 Å². The van der Waals surface area contributed by atoms with E-state index in [-0.39, 0.29) is 29.8 Å². The number of hydrogen-bond donors (Lipinski definition) is 2. The number of nitrogens with zero attached hydrogens (tertiary/aromatic N) is 2. The number of pyridine rings is 1. The third-order valence-corrected chi connectivity index (χ3v) is 8.10. The summed E-state index contributed by atoms with van der Waals surface area (Å²) in [4.78, 5) is 32.6. The summed E-state index contributed by atoms with van der Waals surface area (Å²) >= 11 is 0. The minimum Gasteiger partial charge on any atom is -0.507 e. The Hall–Kier alpha value is -3.27. The van der Waals surface area contributed by atoms with Crippen LogP contribution in [0.1, 0.15) is 43.9 Å². The van der Waals surface area contributed by atoms with Crippen LogP contribution in [0.15, 0.2) is 59.8 Å². The van der Waals surface area contributed by atoms with Gasteiger partial charge in [-0.05, 0) is 78.9 Å². The Morgan fingerprint density at radius 3 is 2.69 bits per heavy atom. The number of para-hydroxylation sites is 1. The van der Waals surface area contributed by atoms with Crippen LogP contribution in [-0.4, -0.2) is 65.3 Å². The lowest BCUT2D eigenvalue weighted by molar-refractivity contribution is -0.140. The molecule has 204 valence electrons. The number of aromatic nitrogens is 1. The van der Waals surface area contributed by atoms with Gasteiger partial charge in [-0.25, -0.2) is 0 Å². The highest BCUT2D eigenvalue weighted by Crippen LogP contribution is 2.50. The molecule has 8 nitrogen and oxygen atoms in total. The number of amides is 2. The van der Waals surface area contributed by atoms with Crippen LogP contribution in [-0.2, 0) is 19.0 Å². The molecular formula is C30H35BN2O6. The van der Waals surface area contributed by atoms with Crippen molar-refractivity contribution in [2.75, 3.05) is 20.3 Å². The molecule has 0 spiro atoms. The van der Waals surface area contributed by atoms with Crippen molar-refractivity contribution in [2.24, 2.45) is 17.8 Å². The van der Waals surface area contributed by atoms with Gasteiger partial charge in [0.15, 0.2) is 0 Å². The second kappa shape index (κ2) is 11.9. The van der Waals surface area contributed by atoms with E-state index in [1.807, 2.05) is 43.3 Å². The van der Waals surface area contributed by atoms with E-state index in [4.69, 9.17) is 9.39 Å². The first-order valence-corrected chi connectivity index (χ1v) is 13.7. The number of rotatable bonds is 9. The Morgan fingerprint density at radius 2 is 1.97 bits per heavy atom. The summed E-state index contributed by atoms with van der Waals surface area (Å²) in [7, 11) is 0.594. The second-order valence-corrected chi connectivity index (χ2v) is 10.6. The number of carbonyl (C=O) groups is 2.